The summed E-state index contributed by atoms with van der Waals surface area (Å²) in [5, 5.41) is 0.854. The van der Waals surface area contributed by atoms with Crippen LogP contribution < -0.4 is 33.1 Å². The monoisotopic (exact) mass is 307 g/mol. The summed E-state index contributed by atoms with van der Waals surface area (Å²) in [6.45, 7) is 2.92. The van der Waals surface area contributed by atoms with Gasteiger partial charge in [-0.15, -0.1) is 23.2 Å². The van der Waals surface area contributed by atoms with E-state index in [4.69, 9.17) is 28.9 Å². The average Bonchev–Trinajstić information content (AvgIpc) is 2.05. The van der Waals surface area contributed by atoms with Gasteiger partial charge in [-0.2, -0.15) is 0 Å². The lowest BCUT2D eigenvalue weighted by molar-refractivity contribution is -0.931. The number of halogens is 3. The van der Waals surface area contributed by atoms with Crippen molar-refractivity contribution in [2.24, 2.45) is 5.73 Å². The molecule has 0 aliphatic heterocycles. The molecule has 0 spiro atoms. The topological polar surface area (TPSA) is 59.6 Å². The molecule has 0 aromatic heterocycles. The first-order chi connectivity index (χ1) is 6.11. The second-order valence-electron chi connectivity index (χ2n) is 2.76. The molecule has 0 heterocycles. The minimum atomic E-state index is -0.499. The molecule has 4 N–H and O–H groups in total. The number of quaternary nitrogens is 1. The van der Waals surface area contributed by atoms with Crippen LogP contribution in [0.15, 0.2) is 0 Å². The van der Waals surface area contributed by atoms with Crippen molar-refractivity contribution in [2.45, 2.75) is 13.0 Å². The highest BCUT2D eigenvalue weighted by Crippen LogP contribution is 1.72. The number of alkyl halides is 2. The molecule has 0 fully saturated rings. The molecule has 1 unspecified atom stereocenters. The maximum Gasteiger partial charge on any atom is 0.281 e. The van der Waals surface area contributed by atoms with Crippen LogP contribution in [0.2, 0.25) is 0 Å². The van der Waals surface area contributed by atoms with Crippen molar-refractivity contribution in [1.29, 1.82) is 0 Å². The second-order valence-corrected chi connectivity index (χ2v) is 3.52. The smallest absolute Gasteiger partial charge is 0.281 e. The first-order valence-electron chi connectivity index (χ1n) is 4.15. The van der Waals surface area contributed by atoms with Gasteiger partial charge in [0.25, 0.3) is 5.91 Å². The Morgan fingerprint density at radius 1 is 1.43 bits per heavy atom. The number of amides is 1. The third-order valence-electron chi connectivity index (χ3n) is 1.51. The zero-order valence-corrected chi connectivity index (χ0v) is 11.1. The van der Waals surface area contributed by atoms with Crippen molar-refractivity contribution in [2.75, 3.05) is 24.8 Å². The molecular formula is C7H16BrCl2N3O. The highest BCUT2D eigenvalue weighted by molar-refractivity contribution is 6.18. The molecule has 0 aliphatic carbocycles. The van der Waals surface area contributed by atoms with Gasteiger partial charge in [0.15, 0.2) is 0 Å². The predicted molar refractivity (Wildman–Crippen MR) is 53.9 cm³/mol. The number of nitrogens with one attached hydrogen (secondary N) is 2. The Kier molecular flexibility index (Phi) is 12.0. The summed E-state index contributed by atoms with van der Waals surface area (Å²) in [5.74, 6) is 0.766. The molecule has 1 amide bonds. The van der Waals surface area contributed by atoms with Gasteiger partial charge in [0.2, 0.25) is 0 Å². The standard InChI is InChI=1S/C7H15Cl2N3O.BrH/c1-6(10)7(13)11-12(4-2-8)5-3-9;/h6H,2-5,10H2,1H3,(H,11,13);1H. The predicted octanol–water partition coefficient (Wildman–Crippen LogP) is -4.27. The lowest BCUT2D eigenvalue weighted by atomic mass is 10.3. The first-order valence-corrected chi connectivity index (χ1v) is 5.21. The second kappa shape index (κ2) is 9.98. The Morgan fingerprint density at radius 3 is 2.14 bits per heavy atom. The molecule has 0 bridgehead atoms. The number of nitrogens with two attached hydrogens (primary N) is 1. The van der Waals surface area contributed by atoms with Crippen molar-refractivity contribution in [3.8, 4) is 0 Å². The molecule has 0 aromatic rings. The van der Waals surface area contributed by atoms with Gasteiger partial charge in [-0.05, 0) is 6.92 Å². The van der Waals surface area contributed by atoms with Crippen LogP contribution in [-0.4, -0.2) is 36.8 Å². The number of carbonyl (C=O) groups excluding carboxylic acids is 1. The van der Waals surface area contributed by atoms with E-state index in [1.54, 1.807) is 6.92 Å². The van der Waals surface area contributed by atoms with E-state index in [-0.39, 0.29) is 22.9 Å². The Bertz CT molecular complexity index is 154. The van der Waals surface area contributed by atoms with Crippen LogP contribution in [0.4, 0.5) is 0 Å². The number of rotatable bonds is 6. The summed E-state index contributed by atoms with van der Waals surface area (Å²) in [5.41, 5.74) is 8.09. The highest BCUT2D eigenvalue weighted by Gasteiger charge is 2.14. The lowest BCUT2D eigenvalue weighted by Gasteiger charge is -2.18. The summed E-state index contributed by atoms with van der Waals surface area (Å²) in [6.07, 6.45) is 0. The molecule has 0 saturated heterocycles. The fourth-order valence-corrected chi connectivity index (χ4v) is 1.22. The maximum absolute atomic E-state index is 11.2. The SMILES string of the molecule is CC(N)C(=O)N[NH+](CCCl)CCCl.[Br-]. The average molecular weight is 309 g/mol. The quantitative estimate of drug-likeness (QED) is 0.344. The van der Waals surface area contributed by atoms with Crippen LogP contribution in [0.5, 0.6) is 0 Å². The van der Waals surface area contributed by atoms with Gasteiger partial charge >= 0.3 is 0 Å². The van der Waals surface area contributed by atoms with Crippen molar-refractivity contribution < 1.29 is 26.8 Å². The third-order valence-corrected chi connectivity index (χ3v) is 1.88. The molecule has 7 heteroatoms. The maximum atomic E-state index is 11.2. The molecule has 4 nitrogen and oxygen atoms in total. The summed E-state index contributed by atoms with van der Waals surface area (Å²) < 4.78 is 0. The van der Waals surface area contributed by atoms with E-state index in [1.165, 1.54) is 0 Å². The van der Waals surface area contributed by atoms with Crippen LogP contribution in [-0.2, 0) is 4.79 Å². The van der Waals surface area contributed by atoms with Gasteiger partial charge in [0.05, 0.1) is 17.8 Å². The fraction of sp³-hybridized carbons (Fsp3) is 0.857. The fourth-order valence-electron chi connectivity index (χ4n) is 0.766. The van der Waals surface area contributed by atoms with Gasteiger partial charge in [-0.25, -0.2) is 10.4 Å². The zero-order valence-electron chi connectivity index (χ0n) is 8.03. The van der Waals surface area contributed by atoms with Crippen LogP contribution >= 0.6 is 23.2 Å². The van der Waals surface area contributed by atoms with Gasteiger partial charge in [0.1, 0.15) is 13.1 Å². The van der Waals surface area contributed by atoms with Crippen LogP contribution in [0.3, 0.4) is 0 Å². The number of carbonyl (C=O) groups is 1. The Labute approximate surface area is 105 Å². The first kappa shape index (κ1) is 16.9. The van der Waals surface area contributed by atoms with Crippen molar-refractivity contribution >= 4 is 29.1 Å². The van der Waals surface area contributed by atoms with E-state index in [0.717, 1.165) is 5.01 Å². The van der Waals surface area contributed by atoms with Crippen molar-refractivity contribution in [3.05, 3.63) is 0 Å². The van der Waals surface area contributed by atoms with Crippen molar-refractivity contribution in [1.82, 2.24) is 5.43 Å². The molecule has 0 radical (unpaired) electrons. The molecule has 0 aromatic carbocycles. The molecule has 0 rings (SSSR count). The van der Waals surface area contributed by atoms with E-state index in [1.807, 2.05) is 0 Å². The van der Waals surface area contributed by atoms with E-state index in [9.17, 15) is 4.79 Å². The van der Waals surface area contributed by atoms with Gasteiger partial charge in [-0.1, -0.05) is 0 Å². The normalized spacial score (nSPS) is 12.1. The molecule has 14 heavy (non-hydrogen) atoms. The zero-order chi connectivity index (χ0) is 10.3. The Hall–Kier alpha value is 0.450. The molecule has 0 saturated carbocycles. The van der Waals surface area contributed by atoms with Gasteiger partial charge < -0.3 is 22.7 Å². The van der Waals surface area contributed by atoms with Crippen LogP contribution in [0.25, 0.3) is 0 Å². The van der Waals surface area contributed by atoms with Gasteiger partial charge in [0, 0.05) is 0 Å². The number of hydrogen-bond acceptors (Lipinski definition) is 2. The van der Waals surface area contributed by atoms with Crippen LogP contribution in [0, 0.1) is 0 Å². The third kappa shape index (κ3) is 7.82. The minimum absolute atomic E-state index is 0. The summed E-state index contributed by atoms with van der Waals surface area (Å²) in [6, 6.07) is -0.499. The van der Waals surface area contributed by atoms with E-state index < -0.39 is 6.04 Å². The summed E-state index contributed by atoms with van der Waals surface area (Å²) in [7, 11) is 0. The number of hydrogen-bond donors (Lipinski definition) is 3. The van der Waals surface area contributed by atoms with Crippen molar-refractivity contribution in [3.63, 3.8) is 0 Å². The summed E-state index contributed by atoms with van der Waals surface area (Å²) in [4.78, 5) is 11.2. The van der Waals surface area contributed by atoms with Crippen LogP contribution in [0.1, 0.15) is 6.92 Å². The molecular weight excluding hydrogens is 293 g/mol. The lowest BCUT2D eigenvalue weighted by Crippen LogP contribution is -3.20. The van der Waals surface area contributed by atoms with Gasteiger partial charge in [-0.3, -0.25) is 4.79 Å². The molecule has 1 atom stereocenters. The highest BCUT2D eigenvalue weighted by atomic mass is 79.9. The van der Waals surface area contributed by atoms with E-state index in [0.29, 0.717) is 24.8 Å². The largest absolute Gasteiger partial charge is 1.00 e. The molecule has 0 aliphatic rings. The summed E-state index contributed by atoms with van der Waals surface area (Å²) >= 11 is 11.1. The van der Waals surface area contributed by atoms with E-state index >= 15 is 0 Å². The Balaban J connectivity index is 0. The van der Waals surface area contributed by atoms with E-state index in [2.05, 4.69) is 5.43 Å². The minimum Gasteiger partial charge on any atom is -1.00 e. The molecule has 86 valence electrons. The Morgan fingerprint density at radius 2 is 1.86 bits per heavy atom.